The van der Waals surface area contributed by atoms with Crippen LogP contribution in [0.15, 0.2) is 18.2 Å². The molecule has 0 unspecified atom stereocenters. The molecule has 1 aromatic carbocycles. The van der Waals surface area contributed by atoms with Crippen LogP contribution in [0.3, 0.4) is 0 Å². The molecule has 6 nitrogen and oxygen atoms in total. The van der Waals surface area contributed by atoms with Crippen LogP contribution in [0.25, 0.3) is 0 Å². The van der Waals surface area contributed by atoms with Crippen molar-refractivity contribution in [2.45, 2.75) is 13.5 Å². The van der Waals surface area contributed by atoms with Gasteiger partial charge >= 0.3 is 6.03 Å². The second kappa shape index (κ2) is 7.60. The van der Waals surface area contributed by atoms with Crippen LogP contribution in [0.1, 0.15) is 12.5 Å². The smallest absolute Gasteiger partial charge is 0.321 e. The van der Waals surface area contributed by atoms with Gasteiger partial charge in [0.2, 0.25) is 5.91 Å². The Labute approximate surface area is 116 Å². The van der Waals surface area contributed by atoms with Gasteiger partial charge in [-0.1, -0.05) is 17.7 Å². The summed E-state index contributed by atoms with van der Waals surface area (Å²) in [7, 11) is 0. The third kappa shape index (κ3) is 5.15. The van der Waals surface area contributed by atoms with E-state index in [4.69, 9.17) is 16.7 Å². The number of benzene rings is 1. The second-order valence-electron chi connectivity index (χ2n) is 3.73. The predicted octanol–water partition coefficient (Wildman–Crippen LogP) is 1.09. The van der Waals surface area contributed by atoms with Crippen molar-refractivity contribution >= 4 is 29.2 Å². The molecule has 0 radical (unpaired) electrons. The minimum Gasteiger partial charge on any atom is -0.392 e. The first-order chi connectivity index (χ1) is 9.06. The lowest BCUT2D eigenvalue weighted by Gasteiger charge is -2.10. The standard InChI is InChI=1S/C12H16ClN3O3/c1-2-14-12(19)16-11(18)6-15-10-5-8(7-17)3-4-9(10)13/h3-5,15,17H,2,6-7H2,1H3,(H2,14,16,18,19). The van der Waals surface area contributed by atoms with Gasteiger partial charge in [0.25, 0.3) is 0 Å². The first kappa shape index (κ1) is 15.3. The number of rotatable bonds is 5. The molecular weight excluding hydrogens is 270 g/mol. The van der Waals surface area contributed by atoms with E-state index in [2.05, 4.69) is 16.0 Å². The molecule has 0 aliphatic carbocycles. The predicted molar refractivity (Wildman–Crippen MR) is 73.1 cm³/mol. The number of nitrogens with one attached hydrogen (secondary N) is 3. The fraction of sp³-hybridized carbons (Fsp3) is 0.333. The van der Waals surface area contributed by atoms with Crippen LogP contribution >= 0.6 is 11.6 Å². The van der Waals surface area contributed by atoms with Crippen molar-refractivity contribution in [3.63, 3.8) is 0 Å². The van der Waals surface area contributed by atoms with Gasteiger partial charge in [0, 0.05) is 6.54 Å². The van der Waals surface area contributed by atoms with Crippen LogP contribution < -0.4 is 16.0 Å². The van der Waals surface area contributed by atoms with Crippen LogP contribution in [0.5, 0.6) is 0 Å². The van der Waals surface area contributed by atoms with Crippen molar-refractivity contribution < 1.29 is 14.7 Å². The number of halogens is 1. The minimum atomic E-state index is -0.537. The molecule has 0 saturated heterocycles. The van der Waals surface area contributed by atoms with Gasteiger partial charge in [-0.15, -0.1) is 0 Å². The quantitative estimate of drug-likeness (QED) is 0.652. The highest BCUT2D eigenvalue weighted by molar-refractivity contribution is 6.33. The van der Waals surface area contributed by atoms with E-state index in [9.17, 15) is 9.59 Å². The van der Waals surface area contributed by atoms with Crippen molar-refractivity contribution in [2.24, 2.45) is 0 Å². The zero-order chi connectivity index (χ0) is 14.3. The molecule has 3 amide bonds. The largest absolute Gasteiger partial charge is 0.392 e. The highest BCUT2D eigenvalue weighted by atomic mass is 35.5. The Kier molecular flexibility index (Phi) is 6.11. The van der Waals surface area contributed by atoms with Crippen molar-refractivity contribution in [1.29, 1.82) is 0 Å². The first-order valence-corrected chi connectivity index (χ1v) is 6.15. The molecule has 0 aliphatic rings. The number of aliphatic hydroxyl groups is 1. The number of carbonyl (C=O) groups is 2. The molecular formula is C12H16ClN3O3. The van der Waals surface area contributed by atoms with Gasteiger partial charge in [0.1, 0.15) is 0 Å². The number of anilines is 1. The third-order valence-corrected chi connectivity index (χ3v) is 2.57. The van der Waals surface area contributed by atoms with Gasteiger partial charge in [0.05, 0.1) is 23.9 Å². The molecule has 0 aliphatic heterocycles. The maximum Gasteiger partial charge on any atom is 0.321 e. The van der Waals surface area contributed by atoms with Gasteiger partial charge < -0.3 is 15.7 Å². The molecule has 1 rings (SSSR count). The fourth-order valence-corrected chi connectivity index (χ4v) is 1.54. The summed E-state index contributed by atoms with van der Waals surface area (Å²) >= 11 is 5.94. The van der Waals surface area contributed by atoms with Gasteiger partial charge in [0.15, 0.2) is 0 Å². The van der Waals surface area contributed by atoms with Gasteiger partial charge in [-0.25, -0.2) is 4.79 Å². The van der Waals surface area contributed by atoms with Gasteiger partial charge in [-0.2, -0.15) is 0 Å². The van der Waals surface area contributed by atoms with Crippen LogP contribution in [-0.2, 0) is 11.4 Å². The van der Waals surface area contributed by atoms with Crippen LogP contribution in [-0.4, -0.2) is 30.1 Å². The van der Waals surface area contributed by atoms with Crippen molar-refractivity contribution in [2.75, 3.05) is 18.4 Å². The van der Waals surface area contributed by atoms with Crippen molar-refractivity contribution in [3.05, 3.63) is 28.8 Å². The summed E-state index contributed by atoms with van der Waals surface area (Å²) in [5, 5.41) is 16.8. The van der Waals surface area contributed by atoms with E-state index in [1.807, 2.05) is 0 Å². The van der Waals surface area contributed by atoms with E-state index in [0.29, 0.717) is 22.8 Å². The average molecular weight is 286 g/mol. The summed E-state index contributed by atoms with van der Waals surface area (Å²) in [6.45, 7) is 1.99. The Hall–Kier alpha value is -1.79. The van der Waals surface area contributed by atoms with E-state index >= 15 is 0 Å². The minimum absolute atomic E-state index is 0.0915. The molecule has 0 aromatic heterocycles. The highest BCUT2D eigenvalue weighted by Crippen LogP contribution is 2.22. The summed E-state index contributed by atoms with van der Waals surface area (Å²) in [5.41, 5.74) is 1.20. The molecule has 0 spiro atoms. The summed E-state index contributed by atoms with van der Waals surface area (Å²) < 4.78 is 0. The highest BCUT2D eigenvalue weighted by Gasteiger charge is 2.07. The first-order valence-electron chi connectivity index (χ1n) is 5.77. The SMILES string of the molecule is CCNC(=O)NC(=O)CNc1cc(CO)ccc1Cl. The molecule has 1 aromatic rings. The molecule has 7 heteroatoms. The van der Waals surface area contributed by atoms with E-state index in [1.54, 1.807) is 25.1 Å². The molecule has 4 N–H and O–H groups in total. The maximum atomic E-state index is 11.4. The van der Waals surface area contributed by atoms with E-state index < -0.39 is 11.9 Å². The zero-order valence-electron chi connectivity index (χ0n) is 10.5. The lowest BCUT2D eigenvalue weighted by molar-refractivity contribution is -0.118. The normalized spacial score (nSPS) is 9.84. The molecule has 0 atom stereocenters. The molecule has 0 heterocycles. The van der Waals surface area contributed by atoms with E-state index in [1.165, 1.54) is 0 Å². The Morgan fingerprint density at radius 1 is 1.37 bits per heavy atom. The van der Waals surface area contributed by atoms with Gasteiger partial charge in [-0.05, 0) is 24.6 Å². The number of hydrogen-bond donors (Lipinski definition) is 4. The molecule has 19 heavy (non-hydrogen) atoms. The number of carbonyl (C=O) groups excluding carboxylic acids is 2. The van der Waals surface area contributed by atoms with Crippen LogP contribution in [0, 0.1) is 0 Å². The lowest BCUT2D eigenvalue weighted by Crippen LogP contribution is -2.41. The number of imide groups is 1. The van der Waals surface area contributed by atoms with E-state index in [0.717, 1.165) is 0 Å². The molecule has 104 valence electrons. The number of urea groups is 1. The second-order valence-corrected chi connectivity index (χ2v) is 4.14. The van der Waals surface area contributed by atoms with E-state index in [-0.39, 0.29) is 13.2 Å². The topological polar surface area (TPSA) is 90.5 Å². The summed E-state index contributed by atoms with van der Waals surface area (Å²) in [6.07, 6.45) is 0. The third-order valence-electron chi connectivity index (χ3n) is 2.24. The lowest BCUT2D eigenvalue weighted by atomic mass is 10.2. The van der Waals surface area contributed by atoms with Gasteiger partial charge in [-0.3, -0.25) is 10.1 Å². The number of hydrogen-bond acceptors (Lipinski definition) is 4. The van der Waals surface area contributed by atoms with Crippen LogP contribution in [0.2, 0.25) is 5.02 Å². The Morgan fingerprint density at radius 3 is 2.74 bits per heavy atom. The summed E-state index contributed by atoms with van der Waals surface area (Å²) in [4.78, 5) is 22.5. The zero-order valence-corrected chi connectivity index (χ0v) is 11.3. The Morgan fingerprint density at radius 2 is 2.11 bits per heavy atom. The summed E-state index contributed by atoms with van der Waals surface area (Å²) in [5.74, 6) is -0.476. The fourth-order valence-electron chi connectivity index (χ4n) is 1.36. The monoisotopic (exact) mass is 285 g/mol. The number of amides is 3. The average Bonchev–Trinajstić information content (AvgIpc) is 2.38. The molecule has 0 bridgehead atoms. The number of aliphatic hydroxyl groups excluding tert-OH is 1. The van der Waals surface area contributed by atoms with Crippen molar-refractivity contribution in [3.8, 4) is 0 Å². The summed E-state index contributed by atoms with van der Waals surface area (Å²) in [6, 6.07) is 4.41. The molecule has 0 fully saturated rings. The van der Waals surface area contributed by atoms with Crippen LogP contribution in [0.4, 0.5) is 10.5 Å². The Balaban J connectivity index is 2.52. The molecule has 0 saturated carbocycles. The van der Waals surface area contributed by atoms with Crippen molar-refractivity contribution in [1.82, 2.24) is 10.6 Å². The Bertz CT molecular complexity index is 466. The maximum absolute atomic E-state index is 11.4.